The number of carbonyl (C=O) groups is 1. The van der Waals surface area contributed by atoms with Gasteiger partial charge >= 0.3 is 5.97 Å². The first-order valence-electron chi connectivity index (χ1n) is 11.3. The molecule has 1 atom stereocenters. The Morgan fingerprint density at radius 1 is 1.16 bits per heavy atom. The normalized spacial score (nSPS) is 15.1. The van der Waals surface area contributed by atoms with E-state index < -0.39 is 12.0 Å². The first-order chi connectivity index (χ1) is 18.1. The molecule has 2 heterocycles. The molecule has 0 amide bonds. The minimum absolute atomic E-state index is 0.0275. The molecule has 3 aromatic rings. The zero-order valence-corrected chi connectivity index (χ0v) is 25.7. The predicted molar refractivity (Wildman–Crippen MR) is 155 cm³/mol. The van der Waals surface area contributed by atoms with Crippen molar-refractivity contribution in [1.82, 2.24) is 4.57 Å². The molecule has 1 aliphatic rings. The lowest BCUT2D eigenvalue weighted by atomic mass is 9.95. The second kappa shape index (κ2) is 11.5. The summed E-state index contributed by atoms with van der Waals surface area (Å²) in [7, 11) is 4.51. The van der Waals surface area contributed by atoms with Crippen molar-refractivity contribution in [3.63, 3.8) is 0 Å². The second-order valence-electron chi connectivity index (χ2n) is 8.08. The molecule has 0 aliphatic carbocycles. The van der Waals surface area contributed by atoms with Gasteiger partial charge in [0.25, 0.3) is 5.56 Å². The van der Waals surface area contributed by atoms with Gasteiger partial charge in [-0.2, -0.15) is 0 Å². The van der Waals surface area contributed by atoms with Crippen molar-refractivity contribution in [2.24, 2.45) is 4.99 Å². The minimum atomic E-state index is -0.837. The van der Waals surface area contributed by atoms with Crippen LogP contribution in [0.1, 0.15) is 31.0 Å². The molecule has 2 aromatic carbocycles. The van der Waals surface area contributed by atoms with Gasteiger partial charge in [0.2, 0.25) is 0 Å². The number of phenolic OH excluding ortho intramolecular Hbond substituents is 1. The van der Waals surface area contributed by atoms with E-state index in [0.717, 1.165) is 0 Å². The fraction of sp³-hybridized carbons (Fsp3) is 0.269. The number of ether oxygens (including phenoxy) is 4. The van der Waals surface area contributed by atoms with Crippen molar-refractivity contribution in [2.45, 2.75) is 19.9 Å². The number of hydrogen-bond acceptors (Lipinski definition) is 9. The van der Waals surface area contributed by atoms with Gasteiger partial charge in [0.15, 0.2) is 27.8 Å². The number of fused-ring (bicyclic) bond motifs is 1. The maximum absolute atomic E-state index is 13.9. The largest absolute Gasteiger partial charge is 0.504 e. The van der Waals surface area contributed by atoms with Crippen LogP contribution in [0, 0.1) is 3.57 Å². The molecule has 1 aromatic heterocycles. The number of phenols is 1. The molecule has 0 fully saturated rings. The molecule has 38 heavy (non-hydrogen) atoms. The zero-order chi connectivity index (χ0) is 27.7. The number of rotatable bonds is 7. The Labute approximate surface area is 244 Å². The topological polar surface area (TPSA) is 109 Å². The SMILES string of the molecule is CCOC(=O)C1=C(C)N=c2s/c(=C\c3cc(I)c(O)c(OC)c3)c(=O)n2[C@@H]1c1cc(OC)c(OC)cc1Br. The van der Waals surface area contributed by atoms with Gasteiger partial charge in [-0.15, -0.1) is 0 Å². The van der Waals surface area contributed by atoms with E-state index in [0.29, 0.717) is 51.4 Å². The first-order valence-corrected chi connectivity index (χ1v) is 14.0. The molecule has 9 nitrogen and oxygen atoms in total. The van der Waals surface area contributed by atoms with E-state index in [4.69, 9.17) is 18.9 Å². The number of benzene rings is 2. The van der Waals surface area contributed by atoms with Crippen molar-refractivity contribution in [3.05, 3.63) is 74.4 Å². The van der Waals surface area contributed by atoms with Gasteiger partial charge in [-0.25, -0.2) is 9.79 Å². The number of halogens is 2. The fourth-order valence-electron chi connectivity index (χ4n) is 4.15. The summed E-state index contributed by atoms with van der Waals surface area (Å²) < 4.78 is 24.6. The zero-order valence-electron chi connectivity index (χ0n) is 21.1. The van der Waals surface area contributed by atoms with E-state index in [1.54, 1.807) is 44.2 Å². The van der Waals surface area contributed by atoms with Gasteiger partial charge < -0.3 is 24.1 Å². The summed E-state index contributed by atoms with van der Waals surface area (Å²) in [6, 6.07) is 6.01. The van der Waals surface area contributed by atoms with Crippen LogP contribution in [0.3, 0.4) is 0 Å². The number of nitrogens with zero attached hydrogens (tertiary/aromatic N) is 2. The number of thiazole rings is 1. The molecule has 12 heteroatoms. The quantitative estimate of drug-likeness (QED) is 0.292. The van der Waals surface area contributed by atoms with Crippen molar-refractivity contribution >= 4 is 61.9 Å². The monoisotopic (exact) mass is 714 g/mol. The van der Waals surface area contributed by atoms with Gasteiger partial charge in [0.1, 0.15) is 0 Å². The van der Waals surface area contributed by atoms with Gasteiger partial charge in [-0.1, -0.05) is 27.3 Å². The highest BCUT2D eigenvalue weighted by Crippen LogP contribution is 2.41. The molecular weight excluding hydrogens is 691 g/mol. The highest BCUT2D eigenvalue weighted by molar-refractivity contribution is 14.1. The Hall–Kier alpha value is -2.84. The molecule has 0 unspecified atom stereocenters. The van der Waals surface area contributed by atoms with E-state index in [9.17, 15) is 14.7 Å². The van der Waals surface area contributed by atoms with Crippen LogP contribution in [0.2, 0.25) is 0 Å². The predicted octanol–water partition coefficient (Wildman–Crippen LogP) is 3.90. The Bertz CT molecular complexity index is 1640. The third-order valence-electron chi connectivity index (χ3n) is 5.88. The highest BCUT2D eigenvalue weighted by Gasteiger charge is 2.35. The molecule has 0 spiro atoms. The van der Waals surface area contributed by atoms with E-state index >= 15 is 0 Å². The molecule has 4 rings (SSSR count). The van der Waals surface area contributed by atoms with Crippen LogP contribution in [-0.2, 0) is 9.53 Å². The Balaban J connectivity index is 2.01. The third-order valence-corrected chi connectivity index (χ3v) is 8.37. The number of aromatic nitrogens is 1. The van der Waals surface area contributed by atoms with Crippen LogP contribution in [0.25, 0.3) is 6.08 Å². The van der Waals surface area contributed by atoms with Crippen LogP contribution in [0.5, 0.6) is 23.0 Å². The number of methoxy groups -OCH3 is 3. The Kier molecular flexibility index (Phi) is 8.52. The molecule has 0 saturated carbocycles. The van der Waals surface area contributed by atoms with Crippen molar-refractivity contribution < 1.29 is 28.8 Å². The maximum Gasteiger partial charge on any atom is 0.338 e. The minimum Gasteiger partial charge on any atom is -0.504 e. The average Bonchev–Trinajstić information content (AvgIpc) is 3.19. The summed E-state index contributed by atoms with van der Waals surface area (Å²) in [5, 5.41) is 10.2. The molecule has 0 bridgehead atoms. The van der Waals surface area contributed by atoms with E-state index in [1.165, 1.54) is 37.2 Å². The Morgan fingerprint density at radius 3 is 2.45 bits per heavy atom. The summed E-state index contributed by atoms with van der Waals surface area (Å²) in [5.41, 5.74) is 1.63. The Morgan fingerprint density at radius 2 is 1.82 bits per heavy atom. The molecule has 0 saturated heterocycles. The standard InChI is InChI=1S/C26H24BrIN2O7S/c1-6-37-25(33)21-12(2)29-26-30(22(21)14-10-17(34-3)18(35-4)11-15(14)27)24(32)20(38-26)9-13-7-16(28)23(31)19(8-13)36-5/h7-11,22,31H,6H2,1-5H3/b20-9-/t22-/m1/s1. The van der Waals surface area contributed by atoms with Gasteiger partial charge in [0.05, 0.1) is 53.4 Å². The third kappa shape index (κ3) is 5.08. The fourth-order valence-corrected chi connectivity index (χ4v) is 6.36. The smallest absolute Gasteiger partial charge is 0.338 e. The summed E-state index contributed by atoms with van der Waals surface area (Å²) in [4.78, 5) is 32.1. The summed E-state index contributed by atoms with van der Waals surface area (Å²) in [5.74, 6) is 0.692. The summed E-state index contributed by atoms with van der Waals surface area (Å²) >= 11 is 6.79. The first kappa shape index (κ1) is 28.2. The molecule has 0 radical (unpaired) electrons. The number of aromatic hydroxyl groups is 1. The van der Waals surface area contributed by atoms with Gasteiger partial charge in [-0.3, -0.25) is 9.36 Å². The lowest BCUT2D eigenvalue weighted by molar-refractivity contribution is -0.139. The molecule has 1 N–H and O–H groups in total. The van der Waals surface area contributed by atoms with Crippen LogP contribution in [0.4, 0.5) is 0 Å². The van der Waals surface area contributed by atoms with Crippen LogP contribution in [0.15, 0.2) is 49.8 Å². The second-order valence-corrected chi connectivity index (χ2v) is 11.1. The number of allylic oxidation sites excluding steroid dienone is 1. The van der Waals surface area contributed by atoms with Gasteiger partial charge in [0, 0.05) is 4.47 Å². The summed E-state index contributed by atoms with van der Waals surface area (Å²) in [6.07, 6.45) is 1.71. The molecule has 1 aliphatic heterocycles. The average molecular weight is 715 g/mol. The lowest BCUT2D eigenvalue weighted by Gasteiger charge is -2.26. The van der Waals surface area contributed by atoms with Crippen LogP contribution >= 0.6 is 49.9 Å². The molecular formula is C26H24BrIN2O7S. The van der Waals surface area contributed by atoms with Gasteiger partial charge in [-0.05, 0) is 77.9 Å². The van der Waals surface area contributed by atoms with Crippen molar-refractivity contribution in [3.8, 4) is 23.0 Å². The van der Waals surface area contributed by atoms with Crippen LogP contribution < -0.4 is 29.1 Å². The van der Waals surface area contributed by atoms with Crippen molar-refractivity contribution in [2.75, 3.05) is 27.9 Å². The maximum atomic E-state index is 13.9. The number of esters is 1. The van der Waals surface area contributed by atoms with E-state index in [2.05, 4.69) is 20.9 Å². The lowest BCUT2D eigenvalue weighted by Crippen LogP contribution is -2.40. The van der Waals surface area contributed by atoms with Crippen LogP contribution in [-0.4, -0.2) is 43.6 Å². The van der Waals surface area contributed by atoms with E-state index in [1.807, 2.05) is 22.6 Å². The number of carbonyl (C=O) groups excluding carboxylic acids is 1. The highest BCUT2D eigenvalue weighted by atomic mass is 127. The number of hydrogen-bond donors (Lipinski definition) is 1. The van der Waals surface area contributed by atoms with E-state index in [-0.39, 0.29) is 23.5 Å². The summed E-state index contributed by atoms with van der Waals surface area (Å²) in [6.45, 7) is 3.61. The van der Waals surface area contributed by atoms with Crippen molar-refractivity contribution in [1.29, 1.82) is 0 Å². The molecule has 200 valence electrons.